The lowest BCUT2D eigenvalue weighted by Crippen LogP contribution is -2.39. The van der Waals surface area contributed by atoms with Crippen LogP contribution in [0.2, 0.25) is 0 Å². The Labute approximate surface area is 166 Å². The Morgan fingerprint density at radius 3 is 2.57 bits per heavy atom. The first-order chi connectivity index (χ1) is 13.4. The number of sulfonamides is 1. The van der Waals surface area contributed by atoms with E-state index < -0.39 is 10.0 Å². The van der Waals surface area contributed by atoms with Crippen molar-refractivity contribution in [2.24, 2.45) is 0 Å². The standard InChI is InChI=1S/C20H28N4O3S/c1-3-4-14-28(26,27)24-12-10-16(11-13-24)18-15-19(22-21-18)20(25)23(2)17-8-6-5-7-9-17/h5-9,15-16H,3-4,10-14H2,1-2H3,(H,21,22). The number of aromatic nitrogens is 2. The summed E-state index contributed by atoms with van der Waals surface area (Å²) in [6, 6.07) is 11.2. The predicted octanol–water partition coefficient (Wildman–Crippen LogP) is 3.00. The van der Waals surface area contributed by atoms with Crippen molar-refractivity contribution in [3.8, 4) is 0 Å². The first kappa shape index (κ1) is 20.5. The number of unbranched alkanes of at least 4 members (excludes halogenated alkanes) is 1. The van der Waals surface area contributed by atoms with Crippen LogP contribution in [0, 0.1) is 0 Å². The van der Waals surface area contributed by atoms with Gasteiger partial charge in [0.15, 0.2) is 5.69 Å². The van der Waals surface area contributed by atoms with Crippen LogP contribution in [0.1, 0.15) is 54.7 Å². The summed E-state index contributed by atoms with van der Waals surface area (Å²) in [5.41, 5.74) is 2.08. The van der Waals surface area contributed by atoms with Crippen molar-refractivity contribution in [2.45, 2.75) is 38.5 Å². The normalized spacial score (nSPS) is 16.2. The number of nitrogens with one attached hydrogen (secondary N) is 1. The van der Waals surface area contributed by atoms with Crippen LogP contribution in [-0.2, 0) is 10.0 Å². The van der Waals surface area contributed by atoms with Gasteiger partial charge >= 0.3 is 0 Å². The molecular formula is C20H28N4O3S. The molecule has 0 saturated carbocycles. The van der Waals surface area contributed by atoms with Gasteiger partial charge in [-0.05, 0) is 37.5 Å². The van der Waals surface area contributed by atoms with E-state index in [1.165, 1.54) is 0 Å². The maximum Gasteiger partial charge on any atom is 0.278 e. The van der Waals surface area contributed by atoms with Crippen molar-refractivity contribution < 1.29 is 13.2 Å². The van der Waals surface area contributed by atoms with Crippen molar-refractivity contribution in [1.82, 2.24) is 14.5 Å². The minimum Gasteiger partial charge on any atom is -0.310 e. The maximum atomic E-state index is 12.7. The first-order valence-electron chi connectivity index (χ1n) is 9.78. The van der Waals surface area contributed by atoms with E-state index in [9.17, 15) is 13.2 Å². The van der Waals surface area contributed by atoms with E-state index in [-0.39, 0.29) is 17.6 Å². The highest BCUT2D eigenvalue weighted by Gasteiger charge is 2.29. The van der Waals surface area contributed by atoms with Gasteiger partial charge in [-0.25, -0.2) is 12.7 Å². The van der Waals surface area contributed by atoms with Gasteiger partial charge in [-0.3, -0.25) is 9.89 Å². The number of carbonyl (C=O) groups is 1. The lowest BCUT2D eigenvalue weighted by Gasteiger charge is -2.30. The van der Waals surface area contributed by atoms with E-state index in [0.717, 1.165) is 30.6 Å². The third-order valence-electron chi connectivity index (χ3n) is 5.31. The molecule has 2 aromatic rings. The topological polar surface area (TPSA) is 86.4 Å². The smallest absolute Gasteiger partial charge is 0.278 e. The molecule has 3 rings (SSSR count). The molecule has 152 valence electrons. The summed E-state index contributed by atoms with van der Waals surface area (Å²) in [4.78, 5) is 14.3. The molecule has 1 amide bonds. The number of piperidine rings is 1. The van der Waals surface area contributed by atoms with Crippen LogP contribution in [0.15, 0.2) is 36.4 Å². The number of hydrogen-bond donors (Lipinski definition) is 1. The third-order valence-corrected chi connectivity index (χ3v) is 7.26. The van der Waals surface area contributed by atoms with Crippen molar-refractivity contribution in [1.29, 1.82) is 0 Å². The lowest BCUT2D eigenvalue weighted by molar-refractivity contribution is 0.0988. The van der Waals surface area contributed by atoms with Crippen LogP contribution in [0.5, 0.6) is 0 Å². The Kier molecular flexibility index (Phi) is 6.51. The number of amides is 1. The van der Waals surface area contributed by atoms with E-state index in [0.29, 0.717) is 25.2 Å². The monoisotopic (exact) mass is 404 g/mol. The summed E-state index contributed by atoms with van der Waals surface area (Å²) >= 11 is 0. The van der Waals surface area contributed by atoms with E-state index >= 15 is 0 Å². The number of hydrogen-bond acceptors (Lipinski definition) is 4. The van der Waals surface area contributed by atoms with Gasteiger partial charge in [0, 0.05) is 37.4 Å². The number of aromatic amines is 1. The van der Waals surface area contributed by atoms with Crippen LogP contribution in [-0.4, -0.2) is 54.7 Å². The Bertz CT molecular complexity index is 887. The van der Waals surface area contributed by atoms with Crippen LogP contribution in [0.4, 0.5) is 5.69 Å². The first-order valence-corrected chi connectivity index (χ1v) is 11.4. The molecule has 1 aliphatic rings. The number of carbonyl (C=O) groups excluding carboxylic acids is 1. The van der Waals surface area contributed by atoms with Crippen molar-refractivity contribution in [3.63, 3.8) is 0 Å². The lowest BCUT2D eigenvalue weighted by atomic mass is 9.94. The van der Waals surface area contributed by atoms with Crippen molar-refractivity contribution >= 4 is 21.6 Å². The van der Waals surface area contributed by atoms with Crippen molar-refractivity contribution in [2.75, 3.05) is 30.8 Å². The fourth-order valence-corrected chi connectivity index (χ4v) is 5.18. The summed E-state index contributed by atoms with van der Waals surface area (Å²) in [6.07, 6.45) is 3.03. The van der Waals surface area contributed by atoms with Crippen LogP contribution in [0.25, 0.3) is 0 Å². The van der Waals surface area contributed by atoms with Gasteiger partial charge in [-0.1, -0.05) is 31.5 Å². The quantitative estimate of drug-likeness (QED) is 0.769. The minimum absolute atomic E-state index is 0.173. The zero-order chi connectivity index (χ0) is 20.1. The summed E-state index contributed by atoms with van der Waals surface area (Å²) in [6.45, 7) is 3.03. The summed E-state index contributed by atoms with van der Waals surface area (Å²) in [5, 5.41) is 7.18. The summed E-state index contributed by atoms with van der Waals surface area (Å²) in [5.74, 6) is 0.241. The third kappa shape index (κ3) is 4.62. The molecule has 0 radical (unpaired) electrons. The molecule has 2 heterocycles. The van der Waals surface area contributed by atoms with Gasteiger partial charge in [0.2, 0.25) is 10.0 Å². The van der Waals surface area contributed by atoms with Gasteiger partial charge in [-0.15, -0.1) is 0 Å². The molecule has 1 aliphatic heterocycles. The molecule has 0 unspecified atom stereocenters. The van der Waals surface area contributed by atoms with Crippen LogP contribution < -0.4 is 4.90 Å². The molecule has 0 atom stereocenters. The van der Waals surface area contributed by atoms with E-state index in [2.05, 4.69) is 10.2 Å². The number of nitrogens with zero attached hydrogens (tertiary/aromatic N) is 3. The molecular weight excluding hydrogens is 376 g/mol. The zero-order valence-corrected chi connectivity index (χ0v) is 17.3. The highest BCUT2D eigenvalue weighted by molar-refractivity contribution is 7.89. The molecule has 7 nitrogen and oxygen atoms in total. The maximum absolute atomic E-state index is 12.7. The summed E-state index contributed by atoms with van der Waals surface area (Å²) in [7, 11) is -1.43. The molecule has 28 heavy (non-hydrogen) atoms. The fourth-order valence-electron chi connectivity index (χ4n) is 3.50. The minimum atomic E-state index is -3.15. The second-order valence-corrected chi connectivity index (χ2v) is 9.34. The SMILES string of the molecule is CCCCS(=O)(=O)N1CCC(c2cc(C(=O)N(C)c3ccccc3)n[nH]2)CC1. The Morgan fingerprint density at radius 2 is 1.93 bits per heavy atom. The summed E-state index contributed by atoms with van der Waals surface area (Å²) < 4.78 is 26.3. The van der Waals surface area contributed by atoms with Gasteiger partial charge in [0.1, 0.15) is 0 Å². The van der Waals surface area contributed by atoms with Gasteiger partial charge < -0.3 is 4.90 Å². The second kappa shape index (κ2) is 8.87. The number of anilines is 1. The molecule has 0 bridgehead atoms. The Morgan fingerprint density at radius 1 is 1.25 bits per heavy atom. The largest absolute Gasteiger partial charge is 0.310 e. The number of para-hydroxylation sites is 1. The number of H-pyrrole nitrogens is 1. The van der Waals surface area contributed by atoms with Gasteiger partial charge in [0.25, 0.3) is 5.91 Å². The van der Waals surface area contributed by atoms with Gasteiger partial charge in [-0.2, -0.15) is 5.10 Å². The molecule has 1 fully saturated rings. The predicted molar refractivity (Wildman–Crippen MR) is 110 cm³/mol. The molecule has 0 spiro atoms. The molecule has 8 heteroatoms. The van der Waals surface area contributed by atoms with Crippen LogP contribution >= 0.6 is 0 Å². The Balaban J connectivity index is 1.61. The highest BCUT2D eigenvalue weighted by atomic mass is 32.2. The number of rotatable bonds is 7. The fraction of sp³-hybridized carbons (Fsp3) is 0.500. The molecule has 1 saturated heterocycles. The van der Waals surface area contributed by atoms with E-state index in [1.54, 1.807) is 22.3 Å². The van der Waals surface area contributed by atoms with Gasteiger partial charge in [0.05, 0.1) is 5.75 Å². The highest BCUT2D eigenvalue weighted by Crippen LogP contribution is 2.29. The Hall–Kier alpha value is -2.19. The molecule has 0 aliphatic carbocycles. The van der Waals surface area contributed by atoms with E-state index in [1.807, 2.05) is 37.3 Å². The molecule has 1 aromatic heterocycles. The van der Waals surface area contributed by atoms with Crippen molar-refractivity contribution in [3.05, 3.63) is 47.8 Å². The second-order valence-electron chi connectivity index (χ2n) is 7.25. The number of benzene rings is 1. The van der Waals surface area contributed by atoms with E-state index in [4.69, 9.17) is 0 Å². The average molecular weight is 405 g/mol. The molecule has 1 N–H and O–H groups in total. The average Bonchev–Trinajstić information content (AvgIpc) is 3.22. The molecule has 1 aromatic carbocycles. The zero-order valence-electron chi connectivity index (χ0n) is 16.5. The van der Waals surface area contributed by atoms with Crippen LogP contribution in [0.3, 0.4) is 0 Å².